The summed E-state index contributed by atoms with van der Waals surface area (Å²) in [5, 5.41) is 0. The first-order chi connectivity index (χ1) is 13.3. The number of fused-ring (bicyclic) bond motifs is 2. The van der Waals surface area contributed by atoms with Crippen molar-refractivity contribution in [2.45, 2.75) is 65.9 Å². The smallest absolute Gasteiger partial charge is 0.410 e. The Balaban J connectivity index is 1.51. The number of pyridine rings is 1. The van der Waals surface area contributed by atoms with Gasteiger partial charge in [0.25, 0.3) is 0 Å². The number of aromatic nitrogens is 1. The van der Waals surface area contributed by atoms with Crippen LogP contribution in [0.2, 0.25) is 0 Å². The van der Waals surface area contributed by atoms with Crippen LogP contribution in [0.15, 0.2) is 30.3 Å². The summed E-state index contributed by atoms with van der Waals surface area (Å²) in [5.41, 5.74) is 6.94. The van der Waals surface area contributed by atoms with Crippen molar-refractivity contribution in [1.82, 2.24) is 14.8 Å². The second kappa shape index (κ2) is 7.21. The van der Waals surface area contributed by atoms with Gasteiger partial charge in [0.15, 0.2) is 0 Å². The van der Waals surface area contributed by atoms with E-state index in [1.165, 1.54) is 27.9 Å². The molecule has 0 bridgehead atoms. The number of ether oxygens (including phenoxy) is 1. The predicted molar refractivity (Wildman–Crippen MR) is 109 cm³/mol. The second-order valence-electron chi connectivity index (χ2n) is 8.87. The van der Waals surface area contributed by atoms with Crippen molar-refractivity contribution in [3.63, 3.8) is 0 Å². The molecule has 0 radical (unpaired) electrons. The highest BCUT2D eigenvalue weighted by Crippen LogP contribution is 2.32. The van der Waals surface area contributed by atoms with Gasteiger partial charge in [-0.3, -0.25) is 14.8 Å². The minimum Gasteiger partial charge on any atom is -0.444 e. The fourth-order valence-electron chi connectivity index (χ4n) is 4.10. The van der Waals surface area contributed by atoms with Gasteiger partial charge in [-0.1, -0.05) is 30.3 Å². The molecule has 2 aliphatic heterocycles. The van der Waals surface area contributed by atoms with Crippen molar-refractivity contribution in [3.05, 3.63) is 64.0 Å². The molecule has 1 aromatic carbocycles. The number of rotatable bonds is 2. The van der Waals surface area contributed by atoms with Crippen LogP contribution in [-0.4, -0.2) is 33.0 Å². The molecule has 0 saturated heterocycles. The highest BCUT2D eigenvalue weighted by molar-refractivity contribution is 5.69. The molecular formula is C23H29N3O2. The molecule has 0 saturated carbocycles. The van der Waals surface area contributed by atoms with Gasteiger partial charge in [-0.25, -0.2) is 4.79 Å². The van der Waals surface area contributed by atoms with Gasteiger partial charge in [0.2, 0.25) is 0 Å². The molecule has 28 heavy (non-hydrogen) atoms. The SMILES string of the molecule is Cc1c2c(nc3c1CN(C(=O)OC(C)(C)C)C3)CCN(Cc1ccccc1)C2. The molecule has 0 aliphatic carbocycles. The molecule has 148 valence electrons. The summed E-state index contributed by atoms with van der Waals surface area (Å²) in [7, 11) is 0. The van der Waals surface area contributed by atoms with Gasteiger partial charge in [0.05, 0.1) is 18.8 Å². The van der Waals surface area contributed by atoms with Crippen LogP contribution in [0, 0.1) is 6.92 Å². The molecule has 0 unspecified atom stereocenters. The molecule has 2 aliphatic rings. The van der Waals surface area contributed by atoms with Crippen molar-refractivity contribution < 1.29 is 9.53 Å². The zero-order chi connectivity index (χ0) is 19.9. The summed E-state index contributed by atoms with van der Waals surface area (Å²) in [6.07, 6.45) is 0.705. The predicted octanol–water partition coefficient (Wildman–Crippen LogP) is 4.20. The van der Waals surface area contributed by atoms with E-state index in [1.807, 2.05) is 20.8 Å². The van der Waals surface area contributed by atoms with Gasteiger partial charge >= 0.3 is 6.09 Å². The van der Waals surface area contributed by atoms with Crippen LogP contribution in [0.1, 0.15) is 54.4 Å². The van der Waals surface area contributed by atoms with Gasteiger partial charge in [-0.15, -0.1) is 0 Å². The lowest BCUT2D eigenvalue weighted by Crippen LogP contribution is -2.33. The topological polar surface area (TPSA) is 45.7 Å². The Morgan fingerprint density at radius 2 is 1.79 bits per heavy atom. The monoisotopic (exact) mass is 379 g/mol. The first-order valence-corrected chi connectivity index (χ1v) is 10.0. The number of benzene rings is 1. The zero-order valence-electron chi connectivity index (χ0n) is 17.3. The number of amides is 1. The van der Waals surface area contributed by atoms with Gasteiger partial charge in [-0.2, -0.15) is 0 Å². The zero-order valence-corrected chi connectivity index (χ0v) is 17.3. The number of carbonyl (C=O) groups is 1. The van der Waals surface area contributed by atoms with E-state index in [9.17, 15) is 4.79 Å². The van der Waals surface area contributed by atoms with Gasteiger partial charge in [-0.05, 0) is 49.9 Å². The van der Waals surface area contributed by atoms with E-state index in [0.717, 1.165) is 31.7 Å². The maximum atomic E-state index is 12.5. The molecule has 3 heterocycles. The molecule has 5 nitrogen and oxygen atoms in total. The quantitative estimate of drug-likeness (QED) is 0.785. The molecule has 4 rings (SSSR count). The molecule has 2 aromatic rings. The first kappa shape index (κ1) is 18.9. The third-order valence-corrected chi connectivity index (χ3v) is 5.51. The number of hydrogen-bond donors (Lipinski definition) is 0. The van der Waals surface area contributed by atoms with Crippen LogP contribution >= 0.6 is 0 Å². The van der Waals surface area contributed by atoms with E-state index in [1.54, 1.807) is 4.90 Å². The summed E-state index contributed by atoms with van der Waals surface area (Å²) in [6.45, 7) is 11.9. The number of nitrogens with zero attached hydrogens (tertiary/aromatic N) is 3. The third-order valence-electron chi connectivity index (χ3n) is 5.51. The van der Waals surface area contributed by atoms with E-state index in [0.29, 0.717) is 13.1 Å². The minimum absolute atomic E-state index is 0.256. The van der Waals surface area contributed by atoms with Crippen LogP contribution < -0.4 is 0 Å². The molecule has 5 heteroatoms. The summed E-state index contributed by atoms with van der Waals surface area (Å²) >= 11 is 0. The van der Waals surface area contributed by atoms with E-state index in [4.69, 9.17) is 9.72 Å². The van der Waals surface area contributed by atoms with E-state index < -0.39 is 5.60 Å². The first-order valence-electron chi connectivity index (χ1n) is 10.0. The van der Waals surface area contributed by atoms with E-state index in [2.05, 4.69) is 42.2 Å². The summed E-state index contributed by atoms with van der Waals surface area (Å²) in [6, 6.07) is 10.6. The van der Waals surface area contributed by atoms with Crippen molar-refractivity contribution in [2.75, 3.05) is 6.54 Å². The number of hydrogen-bond acceptors (Lipinski definition) is 4. The molecule has 0 spiro atoms. The van der Waals surface area contributed by atoms with Gasteiger partial charge < -0.3 is 4.74 Å². The van der Waals surface area contributed by atoms with Crippen LogP contribution in [-0.2, 0) is 37.3 Å². The lowest BCUT2D eigenvalue weighted by Gasteiger charge is -2.30. The normalized spacial score (nSPS) is 16.6. The summed E-state index contributed by atoms with van der Waals surface area (Å²) in [5.74, 6) is 0. The van der Waals surface area contributed by atoms with E-state index in [-0.39, 0.29) is 6.09 Å². The summed E-state index contributed by atoms with van der Waals surface area (Å²) < 4.78 is 5.55. The van der Waals surface area contributed by atoms with Crippen LogP contribution in [0.4, 0.5) is 4.79 Å². The Morgan fingerprint density at radius 1 is 1.07 bits per heavy atom. The highest BCUT2D eigenvalue weighted by Gasteiger charge is 2.32. The van der Waals surface area contributed by atoms with E-state index >= 15 is 0 Å². The van der Waals surface area contributed by atoms with Crippen LogP contribution in [0.5, 0.6) is 0 Å². The van der Waals surface area contributed by atoms with Crippen LogP contribution in [0.3, 0.4) is 0 Å². The average Bonchev–Trinajstić information content (AvgIpc) is 3.07. The molecule has 0 fully saturated rings. The largest absolute Gasteiger partial charge is 0.444 e. The lowest BCUT2D eigenvalue weighted by molar-refractivity contribution is 0.0240. The molecule has 1 aromatic heterocycles. The maximum Gasteiger partial charge on any atom is 0.410 e. The molecule has 0 N–H and O–H groups in total. The van der Waals surface area contributed by atoms with Gasteiger partial charge in [0, 0.05) is 31.7 Å². The standard InChI is InChI=1S/C23H29N3O2/c1-16-18-13-25(12-17-8-6-5-7-9-17)11-10-20(18)24-21-15-26(14-19(16)21)22(27)28-23(2,3)4/h5-9H,10-15H2,1-4H3. The Bertz CT molecular complexity index is 887. The maximum absolute atomic E-state index is 12.5. The molecule has 0 atom stereocenters. The van der Waals surface area contributed by atoms with Crippen molar-refractivity contribution in [1.29, 1.82) is 0 Å². The lowest BCUT2D eigenvalue weighted by atomic mass is 9.96. The Labute approximate surface area is 167 Å². The third kappa shape index (κ3) is 3.90. The average molecular weight is 380 g/mol. The van der Waals surface area contributed by atoms with Crippen LogP contribution in [0.25, 0.3) is 0 Å². The number of carbonyl (C=O) groups excluding carboxylic acids is 1. The fraction of sp³-hybridized carbons (Fsp3) is 0.478. The van der Waals surface area contributed by atoms with Gasteiger partial charge in [0.1, 0.15) is 5.60 Å². The highest BCUT2D eigenvalue weighted by atomic mass is 16.6. The molecule has 1 amide bonds. The van der Waals surface area contributed by atoms with Crippen molar-refractivity contribution in [2.24, 2.45) is 0 Å². The summed E-state index contributed by atoms with van der Waals surface area (Å²) in [4.78, 5) is 21.7. The Kier molecular flexibility index (Phi) is 4.88. The Hall–Kier alpha value is -2.40. The minimum atomic E-state index is -0.481. The second-order valence-corrected chi connectivity index (χ2v) is 8.87. The van der Waals surface area contributed by atoms with Crippen molar-refractivity contribution in [3.8, 4) is 0 Å². The fourth-order valence-corrected chi connectivity index (χ4v) is 4.10. The molecular weight excluding hydrogens is 350 g/mol. The van der Waals surface area contributed by atoms with Crippen molar-refractivity contribution >= 4 is 6.09 Å². The Morgan fingerprint density at radius 3 is 2.50 bits per heavy atom.